The first-order valence-electron chi connectivity index (χ1n) is 6.35. The molecule has 0 unspecified atom stereocenters. The zero-order valence-corrected chi connectivity index (χ0v) is 13.7. The van der Waals surface area contributed by atoms with Crippen molar-refractivity contribution in [3.05, 3.63) is 40.1 Å². The van der Waals surface area contributed by atoms with Crippen LogP contribution in [0, 0.1) is 0 Å². The van der Waals surface area contributed by atoms with Crippen molar-refractivity contribution >= 4 is 57.9 Å². The highest BCUT2D eigenvalue weighted by atomic mass is 35.5. The molecule has 1 aliphatic heterocycles. The normalized spacial score (nSPS) is 15.2. The summed E-state index contributed by atoms with van der Waals surface area (Å²) < 4.78 is 5.84. The second-order valence-electron chi connectivity index (χ2n) is 4.97. The molecule has 0 saturated heterocycles. The fourth-order valence-corrected chi connectivity index (χ4v) is 2.96. The molecule has 0 saturated carbocycles. The van der Waals surface area contributed by atoms with Crippen molar-refractivity contribution in [2.75, 3.05) is 13.6 Å². The monoisotopic (exact) mass is 345 g/mol. The Morgan fingerprint density at radius 2 is 2.14 bits per heavy atom. The molecule has 1 aromatic carbocycles. The lowest BCUT2D eigenvalue weighted by Crippen LogP contribution is -2.18. The van der Waals surface area contributed by atoms with E-state index in [1.807, 2.05) is 12.1 Å². The second kappa shape index (κ2) is 6.41. The van der Waals surface area contributed by atoms with Crippen molar-refractivity contribution < 1.29 is 9.21 Å². The molecule has 6 heteroatoms. The number of hydrogen-bond donors (Lipinski definition) is 0. The highest BCUT2D eigenvalue weighted by Crippen LogP contribution is 2.36. The lowest BCUT2D eigenvalue weighted by atomic mass is 10.0. The molecular formula is C15H14Cl3NO2. The maximum Gasteiger partial charge on any atom is 0.245 e. The number of rotatable bonds is 2. The highest BCUT2D eigenvalue weighted by molar-refractivity contribution is 6.66. The van der Waals surface area contributed by atoms with Crippen molar-refractivity contribution in [3.63, 3.8) is 0 Å². The Bertz CT molecular complexity index is 721. The summed E-state index contributed by atoms with van der Waals surface area (Å²) in [5.74, 6) is 0.672. The van der Waals surface area contributed by atoms with Gasteiger partial charge in [-0.2, -0.15) is 0 Å². The van der Waals surface area contributed by atoms with E-state index in [4.69, 9.17) is 27.6 Å². The molecule has 1 aliphatic rings. The third-order valence-electron chi connectivity index (χ3n) is 3.57. The smallest absolute Gasteiger partial charge is 0.245 e. The van der Waals surface area contributed by atoms with Crippen molar-refractivity contribution in [2.45, 2.75) is 13.0 Å². The zero-order valence-electron chi connectivity index (χ0n) is 11.4. The molecule has 0 amide bonds. The van der Waals surface area contributed by atoms with Gasteiger partial charge in [0.2, 0.25) is 5.24 Å². The standard InChI is InChI=1S/C15H13Cl2NO2.ClH/c1-18-7-6-9-11(16)2-3-13-15(9)10(8-18)12(20-13)4-5-14(17)19;/h2-5H,6-8H2,1H3;1H/b5-4+;. The van der Waals surface area contributed by atoms with Gasteiger partial charge in [-0.05, 0) is 48.8 Å². The third-order valence-corrected chi connectivity index (χ3v) is 4.05. The number of carbonyl (C=O) groups is 1. The first kappa shape index (κ1) is 16.4. The van der Waals surface area contributed by atoms with E-state index in [0.29, 0.717) is 5.76 Å². The topological polar surface area (TPSA) is 33.5 Å². The minimum absolute atomic E-state index is 0. The van der Waals surface area contributed by atoms with Gasteiger partial charge in [-0.1, -0.05) is 11.6 Å². The van der Waals surface area contributed by atoms with Crippen molar-refractivity contribution in [1.29, 1.82) is 0 Å². The number of benzene rings is 1. The molecule has 2 aromatic rings. The predicted octanol–water partition coefficient (Wildman–Crippen LogP) is 4.27. The van der Waals surface area contributed by atoms with E-state index in [9.17, 15) is 4.79 Å². The minimum Gasteiger partial charge on any atom is -0.456 e. The summed E-state index contributed by atoms with van der Waals surface area (Å²) in [7, 11) is 2.05. The SMILES string of the molecule is CN1CCc2c(Cl)ccc3oc(/C=C/C(=O)Cl)c(c23)C1.Cl. The maximum atomic E-state index is 10.9. The Kier molecular flexibility index (Phi) is 4.99. The van der Waals surface area contributed by atoms with Gasteiger partial charge in [-0.25, -0.2) is 0 Å². The van der Waals surface area contributed by atoms with E-state index in [-0.39, 0.29) is 12.4 Å². The average molecular weight is 347 g/mol. The molecule has 2 heterocycles. The molecule has 21 heavy (non-hydrogen) atoms. The van der Waals surface area contributed by atoms with E-state index >= 15 is 0 Å². The first-order valence-corrected chi connectivity index (χ1v) is 7.10. The van der Waals surface area contributed by atoms with Crippen LogP contribution in [0.15, 0.2) is 22.6 Å². The van der Waals surface area contributed by atoms with Gasteiger partial charge in [0.25, 0.3) is 0 Å². The number of hydrogen-bond acceptors (Lipinski definition) is 3. The van der Waals surface area contributed by atoms with E-state index in [1.54, 1.807) is 6.08 Å². The van der Waals surface area contributed by atoms with Crippen LogP contribution in [-0.2, 0) is 17.8 Å². The summed E-state index contributed by atoms with van der Waals surface area (Å²) in [6, 6.07) is 3.73. The lowest BCUT2D eigenvalue weighted by molar-refractivity contribution is -0.107. The zero-order chi connectivity index (χ0) is 14.3. The molecule has 1 aromatic heterocycles. The lowest BCUT2D eigenvalue weighted by Gasteiger charge is -2.12. The number of nitrogens with zero attached hydrogens (tertiary/aromatic N) is 1. The minimum atomic E-state index is -0.516. The van der Waals surface area contributed by atoms with Crippen molar-refractivity contribution in [3.8, 4) is 0 Å². The van der Waals surface area contributed by atoms with Gasteiger partial charge < -0.3 is 9.32 Å². The Balaban J connectivity index is 0.00000161. The molecule has 0 spiro atoms. The molecule has 0 N–H and O–H groups in total. The molecule has 3 nitrogen and oxygen atoms in total. The second-order valence-corrected chi connectivity index (χ2v) is 5.75. The van der Waals surface area contributed by atoms with E-state index < -0.39 is 5.24 Å². The summed E-state index contributed by atoms with van der Waals surface area (Å²) in [5.41, 5.74) is 2.98. The van der Waals surface area contributed by atoms with E-state index in [1.165, 1.54) is 6.08 Å². The Morgan fingerprint density at radius 3 is 2.86 bits per heavy atom. The predicted molar refractivity (Wildman–Crippen MR) is 88.4 cm³/mol. The molecule has 0 aliphatic carbocycles. The summed E-state index contributed by atoms with van der Waals surface area (Å²) >= 11 is 11.7. The summed E-state index contributed by atoms with van der Waals surface area (Å²) in [6.07, 6.45) is 3.82. The van der Waals surface area contributed by atoms with Crippen LogP contribution in [0.25, 0.3) is 17.0 Å². The average Bonchev–Trinajstić information content (AvgIpc) is 2.62. The van der Waals surface area contributed by atoms with Gasteiger partial charge in [-0.3, -0.25) is 4.79 Å². The maximum absolute atomic E-state index is 10.9. The summed E-state index contributed by atoms with van der Waals surface area (Å²) in [5, 5.41) is 1.32. The summed E-state index contributed by atoms with van der Waals surface area (Å²) in [4.78, 5) is 13.1. The van der Waals surface area contributed by atoms with Gasteiger partial charge in [0.15, 0.2) is 0 Å². The molecule has 0 bridgehead atoms. The van der Waals surface area contributed by atoms with Gasteiger partial charge >= 0.3 is 0 Å². The van der Waals surface area contributed by atoms with E-state index in [2.05, 4.69) is 11.9 Å². The Morgan fingerprint density at radius 1 is 1.38 bits per heavy atom. The Labute approximate surface area is 138 Å². The van der Waals surface area contributed by atoms with Crippen LogP contribution < -0.4 is 0 Å². The molecule has 112 valence electrons. The molecule has 3 rings (SSSR count). The van der Waals surface area contributed by atoms with Crippen LogP contribution in [0.1, 0.15) is 16.9 Å². The number of furan rings is 1. The van der Waals surface area contributed by atoms with E-state index in [0.717, 1.165) is 46.6 Å². The quantitative estimate of drug-likeness (QED) is 0.601. The Hall–Kier alpha value is -1.00. The highest BCUT2D eigenvalue weighted by Gasteiger charge is 2.22. The van der Waals surface area contributed by atoms with Gasteiger partial charge in [-0.15, -0.1) is 12.4 Å². The van der Waals surface area contributed by atoms with Crippen LogP contribution in [-0.4, -0.2) is 23.7 Å². The van der Waals surface area contributed by atoms with Gasteiger partial charge in [0.1, 0.15) is 11.3 Å². The van der Waals surface area contributed by atoms with Gasteiger partial charge in [0.05, 0.1) is 0 Å². The van der Waals surface area contributed by atoms with Crippen molar-refractivity contribution in [2.24, 2.45) is 0 Å². The molecular weight excluding hydrogens is 333 g/mol. The molecule has 0 atom stereocenters. The molecule has 0 radical (unpaired) electrons. The number of likely N-dealkylation sites (N-methyl/N-ethyl adjacent to an activating group) is 1. The summed E-state index contributed by atoms with van der Waals surface area (Å²) in [6.45, 7) is 1.70. The van der Waals surface area contributed by atoms with Crippen molar-refractivity contribution in [1.82, 2.24) is 4.90 Å². The van der Waals surface area contributed by atoms with Crippen LogP contribution in [0.4, 0.5) is 0 Å². The number of allylic oxidation sites excluding steroid dienone is 1. The largest absolute Gasteiger partial charge is 0.456 e. The van der Waals surface area contributed by atoms with Crippen LogP contribution in [0.5, 0.6) is 0 Å². The molecule has 0 fully saturated rings. The first-order chi connectivity index (χ1) is 9.56. The fraction of sp³-hybridized carbons (Fsp3) is 0.267. The van der Waals surface area contributed by atoms with Crippen LogP contribution >= 0.6 is 35.6 Å². The van der Waals surface area contributed by atoms with Crippen LogP contribution in [0.3, 0.4) is 0 Å². The fourth-order valence-electron chi connectivity index (χ4n) is 2.65. The van der Waals surface area contributed by atoms with Gasteiger partial charge in [0, 0.05) is 35.1 Å². The van der Waals surface area contributed by atoms with Crippen LogP contribution in [0.2, 0.25) is 5.02 Å². The third kappa shape index (κ3) is 3.11. The number of carbonyl (C=O) groups excluding carboxylic acids is 1. The number of halogens is 3.